The molecule has 2 fully saturated rings. The molecule has 0 saturated heterocycles. The zero-order valence-corrected chi connectivity index (χ0v) is 20.8. The Morgan fingerprint density at radius 2 is 1.81 bits per heavy atom. The van der Waals surface area contributed by atoms with Gasteiger partial charge in [-0.15, -0.1) is 11.3 Å². The molecule has 6 heteroatoms. The predicted octanol–water partition coefficient (Wildman–Crippen LogP) is 5.60. The van der Waals surface area contributed by atoms with Gasteiger partial charge in [0, 0.05) is 17.8 Å². The summed E-state index contributed by atoms with van der Waals surface area (Å²) >= 11 is 1.24. The minimum atomic E-state index is -0.517. The first-order valence-corrected chi connectivity index (χ1v) is 12.5. The van der Waals surface area contributed by atoms with Crippen LogP contribution in [0.2, 0.25) is 0 Å². The summed E-state index contributed by atoms with van der Waals surface area (Å²) < 4.78 is 5.04. The Kier molecular flexibility index (Phi) is 7.82. The van der Waals surface area contributed by atoms with E-state index in [1.54, 1.807) is 11.0 Å². The summed E-state index contributed by atoms with van der Waals surface area (Å²) in [6.07, 6.45) is 6.54. The van der Waals surface area contributed by atoms with Crippen LogP contribution in [0.4, 0.5) is 5.69 Å². The van der Waals surface area contributed by atoms with Gasteiger partial charge < -0.3 is 4.74 Å². The van der Waals surface area contributed by atoms with Crippen LogP contribution in [0.5, 0.6) is 0 Å². The molecule has 5 nitrogen and oxygen atoms in total. The Labute approximate surface area is 195 Å². The minimum Gasteiger partial charge on any atom is -0.465 e. The lowest BCUT2D eigenvalue weighted by molar-refractivity contribution is -0.128. The summed E-state index contributed by atoms with van der Waals surface area (Å²) in [5.74, 6) is 6.41. The van der Waals surface area contributed by atoms with Crippen molar-refractivity contribution in [2.45, 2.75) is 85.1 Å². The second-order valence-electron chi connectivity index (χ2n) is 10.2. The van der Waals surface area contributed by atoms with E-state index in [0.717, 1.165) is 38.5 Å². The number of hydrogen-bond donors (Lipinski definition) is 0. The molecule has 0 aromatic carbocycles. The van der Waals surface area contributed by atoms with Crippen molar-refractivity contribution in [1.82, 2.24) is 0 Å². The maximum atomic E-state index is 13.8. The molecule has 32 heavy (non-hydrogen) atoms. The number of thiophene rings is 1. The molecule has 2 aliphatic carbocycles. The van der Waals surface area contributed by atoms with Crippen molar-refractivity contribution >= 4 is 34.7 Å². The van der Waals surface area contributed by atoms with Crippen molar-refractivity contribution in [3.8, 4) is 11.8 Å². The van der Waals surface area contributed by atoms with Crippen molar-refractivity contribution in [2.75, 3.05) is 12.0 Å². The van der Waals surface area contributed by atoms with Crippen LogP contribution in [0, 0.1) is 29.1 Å². The Bertz CT molecular complexity index is 922. The number of ether oxygens (including phenoxy) is 1. The molecule has 0 aliphatic heterocycles. The highest BCUT2D eigenvalue weighted by molar-refractivity contribution is 7.15. The van der Waals surface area contributed by atoms with Crippen LogP contribution in [0.15, 0.2) is 6.07 Å². The second-order valence-corrected chi connectivity index (χ2v) is 11.3. The number of methoxy groups -OCH3 is 1. The van der Waals surface area contributed by atoms with Crippen LogP contribution in [-0.4, -0.2) is 30.8 Å². The van der Waals surface area contributed by atoms with Crippen LogP contribution in [0.3, 0.4) is 0 Å². The number of carbonyl (C=O) groups is 3. The number of anilines is 1. The molecular weight excluding hydrogens is 422 g/mol. The van der Waals surface area contributed by atoms with E-state index in [4.69, 9.17) is 4.74 Å². The highest BCUT2D eigenvalue weighted by Gasteiger charge is 2.39. The molecule has 0 spiro atoms. The molecule has 0 N–H and O–H groups in total. The fourth-order valence-corrected chi connectivity index (χ4v) is 5.41. The van der Waals surface area contributed by atoms with Crippen LogP contribution in [0.25, 0.3) is 0 Å². The van der Waals surface area contributed by atoms with E-state index in [2.05, 4.69) is 18.8 Å². The van der Waals surface area contributed by atoms with Gasteiger partial charge in [0.05, 0.1) is 23.7 Å². The average Bonchev–Trinajstić information content (AvgIpc) is 3.17. The number of amides is 1. The molecule has 2 saturated carbocycles. The minimum absolute atomic E-state index is 0.0320. The molecule has 0 bridgehead atoms. The molecule has 2 aliphatic rings. The lowest BCUT2D eigenvalue weighted by Gasteiger charge is -2.37. The van der Waals surface area contributed by atoms with E-state index in [9.17, 15) is 14.4 Å². The third-order valence-corrected chi connectivity index (χ3v) is 7.36. The highest BCUT2D eigenvalue weighted by Crippen LogP contribution is 2.38. The van der Waals surface area contributed by atoms with E-state index in [1.165, 1.54) is 18.4 Å². The van der Waals surface area contributed by atoms with Gasteiger partial charge in [0.25, 0.3) is 0 Å². The zero-order chi connectivity index (χ0) is 23.5. The van der Waals surface area contributed by atoms with Crippen LogP contribution in [0.1, 0.15) is 93.6 Å². The van der Waals surface area contributed by atoms with Crippen LogP contribution >= 0.6 is 11.3 Å². The standard InChI is InChI=1S/C26H35NO4S/c1-17-10-12-18(13-11-17)24(29)27(20-8-6-7-9-22(20)28)21-16-19(14-15-26(2,3)4)32-23(21)25(30)31-5/h16-18,20H,6-13H2,1-5H3. The summed E-state index contributed by atoms with van der Waals surface area (Å²) in [5, 5.41) is 0. The summed E-state index contributed by atoms with van der Waals surface area (Å²) in [4.78, 5) is 42.1. The van der Waals surface area contributed by atoms with Gasteiger partial charge in [0.1, 0.15) is 4.88 Å². The largest absolute Gasteiger partial charge is 0.465 e. The molecule has 0 radical (unpaired) electrons. The molecule has 1 atom stereocenters. The Morgan fingerprint density at radius 3 is 2.41 bits per heavy atom. The highest BCUT2D eigenvalue weighted by atomic mass is 32.1. The van der Waals surface area contributed by atoms with Crippen LogP contribution < -0.4 is 4.90 Å². The van der Waals surface area contributed by atoms with E-state index < -0.39 is 12.0 Å². The number of rotatable bonds is 4. The topological polar surface area (TPSA) is 63.7 Å². The normalized spacial score (nSPS) is 23.8. The van der Waals surface area contributed by atoms with E-state index in [0.29, 0.717) is 34.2 Å². The van der Waals surface area contributed by atoms with Crippen molar-refractivity contribution in [3.63, 3.8) is 0 Å². The van der Waals surface area contributed by atoms with Gasteiger partial charge in [-0.05, 0) is 71.3 Å². The smallest absolute Gasteiger partial charge is 0.350 e. The van der Waals surface area contributed by atoms with Crippen molar-refractivity contribution in [3.05, 3.63) is 15.8 Å². The Balaban J connectivity index is 2.07. The molecule has 1 unspecified atom stereocenters. The zero-order valence-electron chi connectivity index (χ0n) is 20.0. The van der Waals surface area contributed by atoms with Gasteiger partial charge in [-0.2, -0.15) is 0 Å². The first kappa shape index (κ1) is 24.5. The number of esters is 1. The SMILES string of the molecule is COC(=O)c1sc(C#CC(C)(C)C)cc1N(C(=O)C1CCC(C)CC1)C1CCCCC1=O. The fraction of sp³-hybridized carbons (Fsp3) is 0.654. The van der Waals surface area contributed by atoms with Crippen molar-refractivity contribution in [1.29, 1.82) is 0 Å². The molecule has 1 aromatic heterocycles. The summed E-state index contributed by atoms with van der Waals surface area (Å²) in [6, 6.07) is 1.29. The predicted molar refractivity (Wildman–Crippen MR) is 128 cm³/mol. The summed E-state index contributed by atoms with van der Waals surface area (Å²) in [5.41, 5.74) is 0.298. The maximum absolute atomic E-state index is 13.8. The molecule has 3 rings (SSSR count). The molecule has 1 aromatic rings. The van der Waals surface area contributed by atoms with E-state index in [1.807, 2.05) is 20.8 Å². The molecule has 1 amide bonds. The number of Topliss-reactive ketones (excluding diaryl/α,β-unsaturated/α-hetero) is 1. The molecule has 1 heterocycles. The first-order chi connectivity index (χ1) is 15.1. The third kappa shape index (κ3) is 5.81. The molecular formula is C26H35NO4S. The van der Waals surface area contributed by atoms with E-state index in [-0.39, 0.29) is 23.0 Å². The van der Waals surface area contributed by atoms with E-state index >= 15 is 0 Å². The average molecular weight is 458 g/mol. The van der Waals surface area contributed by atoms with Crippen molar-refractivity contribution < 1.29 is 19.1 Å². The van der Waals surface area contributed by atoms with Gasteiger partial charge in [-0.1, -0.05) is 25.2 Å². The van der Waals surface area contributed by atoms with Gasteiger partial charge in [0.15, 0.2) is 5.78 Å². The molecule has 174 valence electrons. The second kappa shape index (κ2) is 10.2. The summed E-state index contributed by atoms with van der Waals surface area (Å²) in [7, 11) is 1.34. The summed E-state index contributed by atoms with van der Waals surface area (Å²) in [6.45, 7) is 8.29. The Morgan fingerprint density at radius 1 is 1.12 bits per heavy atom. The van der Waals surface area contributed by atoms with Gasteiger partial charge in [0.2, 0.25) is 5.91 Å². The quantitative estimate of drug-likeness (QED) is 0.436. The Hall–Kier alpha value is -2.13. The number of ketones is 1. The first-order valence-electron chi connectivity index (χ1n) is 11.7. The number of carbonyl (C=O) groups excluding carboxylic acids is 3. The maximum Gasteiger partial charge on any atom is 0.350 e. The number of hydrogen-bond acceptors (Lipinski definition) is 5. The van der Waals surface area contributed by atoms with Crippen LogP contribution in [-0.2, 0) is 14.3 Å². The van der Waals surface area contributed by atoms with Gasteiger partial charge in [-0.3, -0.25) is 14.5 Å². The van der Waals surface area contributed by atoms with Gasteiger partial charge in [-0.25, -0.2) is 4.79 Å². The number of nitrogens with zero attached hydrogens (tertiary/aromatic N) is 1. The lowest BCUT2D eigenvalue weighted by atomic mass is 9.81. The van der Waals surface area contributed by atoms with Gasteiger partial charge >= 0.3 is 5.97 Å². The third-order valence-electron chi connectivity index (χ3n) is 6.34. The lowest BCUT2D eigenvalue weighted by Crippen LogP contribution is -2.49. The van der Waals surface area contributed by atoms with Crippen molar-refractivity contribution in [2.24, 2.45) is 17.3 Å². The fourth-order valence-electron chi connectivity index (χ4n) is 4.49. The monoisotopic (exact) mass is 457 g/mol.